The molecule has 0 fully saturated rings. The van der Waals surface area contributed by atoms with E-state index in [9.17, 15) is 0 Å². The van der Waals surface area contributed by atoms with Crippen LogP contribution in [0.25, 0.3) is 0 Å². The first-order chi connectivity index (χ1) is 6.72. The van der Waals surface area contributed by atoms with Gasteiger partial charge in [-0.25, -0.2) is 0 Å². The lowest BCUT2D eigenvalue weighted by Crippen LogP contribution is -2.32. The minimum Gasteiger partial charge on any atom is -0.370 e. The maximum absolute atomic E-state index is 5.76. The van der Waals surface area contributed by atoms with E-state index in [1.807, 2.05) is 24.3 Å². The number of nitrogens with two attached hydrogens (primary N) is 1. The van der Waals surface area contributed by atoms with Crippen LogP contribution in [0.5, 0.6) is 0 Å². The van der Waals surface area contributed by atoms with Gasteiger partial charge in [0.25, 0.3) is 0 Å². The molecule has 0 heterocycles. The number of nitrogens with zero attached hydrogens (tertiary/aromatic N) is 1. The smallest absolute Gasteiger partial charge is 0.188 e. The molecule has 0 saturated carbocycles. The number of hydrogen-bond donors (Lipinski definition) is 2. The standard InChI is InChI=1S/C10H14ClN3/c1-13-10(12)14-7-6-8-2-4-9(11)5-3-8/h2-5H,6-7H2,1H3,(H3,12,13,14). The number of hydrogen-bond acceptors (Lipinski definition) is 1. The van der Waals surface area contributed by atoms with Gasteiger partial charge in [-0.1, -0.05) is 23.7 Å². The van der Waals surface area contributed by atoms with E-state index in [1.165, 1.54) is 5.56 Å². The predicted molar refractivity (Wildman–Crippen MR) is 60.7 cm³/mol. The Hall–Kier alpha value is -1.22. The summed E-state index contributed by atoms with van der Waals surface area (Å²) in [5, 5.41) is 3.75. The van der Waals surface area contributed by atoms with Crippen molar-refractivity contribution in [3.05, 3.63) is 34.9 Å². The van der Waals surface area contributed by atoms with Gasteiger partial charge in [0.1, 0.15) is 0 Å². The molecule has 0 aliphatic rings. The van der Waals surface area contributed by atoms with Crippen LogP contribution in [0.15, 0.2) is 29.3 Å². The van der Waals surface area contributed by atoms with Crippen LogP contribution >= 0.6 is 11.6 Å². The van der Waals surface area contributed by atoms with Crippen LogP contribution in [0.2, 0.25) is 5.02 Å². The van der Waals surface area contributed by atoms with Gasteiger partial charge in [0.15, 0.2) is 5.96 Å². The Morgan fingerprint density at radius 2 is 2.07 bits per heavy atom. The highest BCUT2D eigenvalue weighted by atomic mass is 35.5. The Labute approximate surface area is 89.0 Å². The van der Waals surface area contributed by atoms with E-state index >= 15 is 0 Å². The van der Waals surface area contributed by atoms with E-state index in [2.05, 4.69) is 10.3 Å². The van der Waals surface area contributed by atoms with Crippen molar-refractivity contribution in [2.24, 2.45) is 10.7 Å². The molecule has 0 aliphatic carbocycles. The largest absolute Gasteiger partial charge is 0.370 e. The summed E-state index contributed by atoms with van der Waals surface area (Å²) < 4.78 is 0. The third kappa shape index (κ3) is 3.66. The van der Waals surface area contributed by atoms with Crippen molar-refractivity contribution in [1.29, 1.82) is 0 Å². The van der Waals surface area contributed by atoms with Crippen LogP contribution in [0.4, 0.5) is 0 Å². The molecule has 0 bridgehead atoms. The summed E-state index contributed by atoms with van der Waals surface area (Å²) in [6, 6.07) is 7.77. The minimum atomic E-state index is 0.471. The maximum atomic E-state index is 5.76. The fourth-order valence-electron chi connectivity index (χ4n) is 1.07. The van der Waals surface area contributed by atoms with E-state index in [0.29, 0.717) is 5.96 Å². The lowest BCUT2D eigenvalue weighted by atomic mass is 10.1. The fourth-order valence-corrected chi connectivity index (χ4v) is 1.19. The van der Waals surface area contributed by atoms with Gasteiger partial charge in [-0.2, -0.15) is 0 Å². The first kappa shape index (κ1) is 10.9. The summed E-state index contributed by atoms with van der Waals surface area (Å²) >= 11 is 5.76. The lowest BCUT2D eigenvalue weighted by Gasteiger charge is -2.04. The van der Waals surface area contributed by atoms with Crippen LogP contribution in [0.3, 0.4) is 0 Å². The predicted octanol–water partition coefficient (Wildman–Crippen LogP) is 1.42. The van der Waals surface area contributed by atoms with E-state index in [-0.39, 0.29) is 0 Å². The second-order valence-corrected chi connectivity index (χ2v) is 3.35. The third-order valence-electron chi connectivity index (χ3n) is 1.87. The fraction of sp³-hybridized carbons (Fsp3) is 0.300. The molecular weight excluding hydrogens is 198 g/mol. The number of rotatable bonds is 3. The first-order valence-electron chi connectivity index (χ1n) is 4.43. The summed E-state index contributed by atoms with van der Waals surface area (Å²) in [5.74, 6) is 0.471. The van der Waals surface area contributed by atoms with E-state index in [4.69, 9.17) is 17.3 Å². The summed E-state index contributed by atoms with van der Waals surface area (Å²) in [6.07, 6.45) is 0.910. The van der Waals surface area contributed by atoms with Crippen molar-refractivity contribution in [2.45, 2.75) is 6.42 Å². The third-order valence-corrected chi connectivity index (χ3v) is 2.13. The number of guanidine groups is 1. The van der Waals surface area contributed by atoms with Crippen molar-refractivity contribution < 1.29 is 0 Å². The molecule has 1 aromatic rings. The highest BCUT2D eigenvalue weighted by molar-refractivity contribution is 6.30. The minimum absolute atomic E-state index is 0.471. The van der Waals surface area contributed by atoms with Crippen molar-refractivity contribution in [3.8, 4) is 0 Å². The maximum Gasteiger partial charge on any atom is 0.188 e. The molecule has 0 radical (unpaired) electrons. The van der Waals surface area contributed by atoms with Crippen molar-refractivity contribution in [2.75, 3.05) is 13.6 Å². The molecule has 4 heteroatoms. The van der Waals surface area contributed by atoms with Gasteiger partial charge in [-0.05, 0) is 24.1 Å². The molecule has 0 saturated heterocycles. The molecular formula is C10H14ClN3. The van der Waals surface area contributed by atoms with Gasteiger partial charge in [-0.15, -0.1) is 0 Å². The van der Waals surface area contributed by atoms with Crippen LogP contribution in [-0.2, 0) is 6.42 Å². The highest BCUT2D eigenvalue weighted by Crippen LogP contribution is 2.09. The molecule has 3 nitrogen and oxygen atoms in total. The van der Waals surface area contributed by atoms with E-state index in [0.717, 1.165) is 18.0 Å². The second-order valence-electron chi connectivity index (χ2n) is 2.91. The topological polar surface area (TPSA) is 50.4 Å². The van der Waals surface area contributed by atoms with Gasteiger partial charge in [0.05, 0.1) is 0 Å². The Bertz CT molecular complexity index is 306. The summed E-state index contributed by atoms with van der Waals surface area (Å²) in [4.78, 5) is 3.80. The zero-order valence-electron chi connectivity index (χ0n) is 8.13. The monoisotopic (exact) mass is 211 g/mol. The van der Waals surface area contributed by atoms with Crippen molar-refractivity contribution >= 4 is 17.6 Å². The number of benzene rings is 1. The highest BCUT2D eigenvalue weighted by Gasteiger charge is 1.93. The van der Waals surface area contributed by atoms with Crippen molar-refractivity contribution in [3.63, 3.8) is 0 Å². The Kier molecular flexibility index (Phi) is 4.26. The molecule has 0 atom stereocenters. The van der Waals surface area contributed by atoms with Gasteiger partial charge < -0.3 is 11.1 Å². The van der Waals surface area contributed by atoms with Gasteiger partial charge in [0.2, 0.25) is 0 Å². The van der Waals surface area contributed by atoms with E-state index < -0.39 is 0 Å². The molecule has 0 amide bonds. The SMILES string of the molecule is CN=C(N)NCCc1ccc(Cl)cc1. The van der Waals surface area contributed by atoms with Crippen LogP contribution in [0, 0.1) is 0 Å². The molecule has 0 spiro atoms. The average molecular weight is 212 g/mol. The van der Waals surface area contributed by atoms with E-state index in [1.54, 1.807) is 7.05 Å². The summed E-state index contributed by atoms with van der Waals surface area (Å²) in [6.45, 7) is 0.783. The van der Waals surface area contributed by atoms with Crippen LogP contribution in [-0.4, -0.2) is 19.6 Å². The van der Waals surface area contributed by atoms with Crippen LogP contribution in [0.1, 0.15) is 5.56 Å². The zero-order chi connectivity index (χ0) is 10.4. The Balaban J connectivity index is 2.35. The summed E-state index contributed by atoms with van der Waals surface area (Å²) in [7, 11) is 1.66. The Morgan fingerprint density at radius 1 is 1.43 bits per heavy atom. The molecule has 0 unspecified atom stereocenters. The van der Waals surface area contributed by atoms with Gasteiger partial charge >= 0.3 is 0 Å². The molecule has 1 rings (SSSR count). The second kappa shape index (κ2) is 5.50. The molecule has 3 N–H and O–H groups in total. The van der Waals surface area contributed by atoms with Gasteiger partial charge in [0, 0.05) is 18.6 Å². The number of halogens is 1. The molecule has 14 heavy (non-hydrogen) atoms. The quantitative estimate of drug-likeness (QED) is 0.587. The number of aliphatic imine (C=N–C) groups is 1. The zero-order valence-corrected chi connectivity index (χ0v) is 8.88. The van der Waals surface area contributed by atoms with Crippen molar-refractivity contribution in [1.82, 2.24) is 5.32 Å². The number of nitrogens with one attached hydrogen (secondary N) is 1. The van der Waals surface area contributed by atoms with Gasteiger partial charge in [-0.3, -0.25) is 4.99 Å². The molecule has 0 aliphatic heterocycles. The summed E-state index contributed by atoms with van der Waals surface area (Å²) in [5.41, 5.74) is 6.71. The molecule has 0 aromatic heterocycles. The normalized spacial score (nSPS) is 11.4. The first-order valence-corrected chi connectivity index (χ1v) is 4.80. The lowest BCUT2D eigenvalue weighted by molar-refractivity contribution is 0.857. The van der Waals surface area contributed by atoms with Crippen LogP contribution < -0.4 is 11.1 Å². The Morgan fingerprint density at radius 3 is 2.64 bits per heavy atom. The molecule has 1 aromatic carbocycles. The molecule has 76 valence electrons. The average Bonchev–Trinajstić information content (AvgIpc) is 2.21.